The number of fused-ring (bicyclic) bond motifs is 1. The van der Waals surface area contributed by atoms with Crippen molar-refractivity contribution in [3.8, 4) is 11.5 Å². The van der Waals surface area contributed by atoms with Gasteiger partial charge in [-0.25, -0.2) is 0 Å². The first kappa shape index (κ1) is 29.0. The number of nitrogens with zero attached hydrogens (tertiary/aromatic N) is 2. The fourth-order valence-electron chi connectivity index (χ4n) is 5.81. The van der Waals surface area contributed by atoms with Crippen LogP contribution in [-0.2, 0) is 14.3 Å². The summed E-state index contributed by atoms with van der Waals surface area (Å²) >= 11 is 6.26. The van der Waals surface area contributed by atoms with E-state index in [1.165, 1.54) is 37.8 Å². The van der Waals surface area contributed by atoms with Gasteiger partial charge in [0, 0.05) is 57.3 Å². The lowest BCUT2D eigenvalue weighted by Crippen LogP contribution is -2.56. The predicted molar refractivity (Wildman–Crippen MR) is 153 cm³/mol. The van der Waals surface area contributed by atoms with E-state index in [1.54, 1.807) is 7.11 Å². The van der Waals surface area contributed by atoms with Crippen molar-refractivity contribution in [3.63, 3.8) is 0 Å². The Kier molecular flexibility index (Phi) is 9.62. The molecule has 2 heterocycles. The highest BCUT2D eigenvalue weighted by atomic mass is 35.5. The molecule has 0 spiro atoms. The van der Waals surface area contributed by atoms with Crippen LogP contribution in [0.25, 0.3) is 0 Å². The molecule has 212 valence electrons. The van der Waals surface area contributed by atoms with E-state index in [9.17, 15) is 9.59 Å². The number of halogens is 1. The number of amides is 1. The van der Waals surface area contributed by atoms with Crippen LogP contribution in [0.2, 0.25) is 5.02 Å². The van der Waals surface area contributed by atoms with Gasteiger partial charge >= 0.3 is 5.97 Å². The molecule has 0 aliphatic carbocycles. The maximum Gasteiger partial charge on any atom is 0.303 e. The molecule has 2 saturated heterocycles. The fourth-order valence-corrected chi connectivity index (χ4v) is 6.00. The monoisotopic (exact) mass is 557 g/mol. The van der Waals surface area contributed by atoms with Crippen LogP contribution >= 0.6 is 11.6 Å². The maximum absolute atomic E-state index is 11.5. The van der Waals surface area contributed by atoms with Gasteiger partial charge in [0.1, 0.15) is 18.1 Å². The van der Waals surface area contributed by atoms with Crippen LogP contribution in [0.1, 0.15) is 55.8 Å². The van der Waals surface area contributed by atoms with Crippen LogP contribution in [0.3, 0.4) is 0 Å². The highest BCUT2D eigenvalue weighted by Crippen LogP contribution is 2.40. The molecule has 3 atom stereocenters. The second kappa shape index (κ2) is 12.9. The zero-order valence-electron chi connectivity index (χ0n) is 23.6. The van der Waals surface area contributed by atoms with E-state index in [-0.39, 0.29) is 19.1 Å². The van der Waals surface area contributed by atoms with Crippen LogP contribution in [0, 0.1) is 13.8 Å². The Hall–Kier alpha value is -2.97. The number of piperidine rings is 1. The molecule has 1 N–H and O–H groups in total. The first-order chi connectivity index (χ1) is 18.7. The fraction of sp³-hybridized carbons (Fsp3) is 0.533. The van der Waals surface area contributed by atoms with Gasteiger partial charge < -0.3 is 24.4 Å². The number of carbonyl (C=O) groups excluding carboxylic acids is 2. The average molecular weight is 558 g/mol. The summed E-state index contributed by atoms with van der Waals surface area (Å²) in [5.41, 5.74) is 4.81. The summed E-state index contributed by atoms with van der Waals surface area (Å²) in [5.74, 6) is 0.897. The molecule has 8 nitrogen and oxygen atoms in total. The molecule has 0 bridgehead atoms. The highest BCUT2D eigenvalue weighted by molar-refractivity contribution is 6.32. The lowest BCUT2D eigenvalue weighted by Gasteiger charge is -2.49. The number of piperazine rings is 1. The largest absolute Gasteiger partial charge is 0.495 e. The number of hydrogen-bond acceptors (Lipinski definition) is 7. The minimum absolute atomic E-state index is 0.169. The van der Waals surface area contributed by atoms with Crippen molar-refractivity contribution in [3.05, 3.63) is 52.0 Å². The van der Waals surface area contributed by atoms with Gasteiger partial charge in [-0.05, 0) is 68.0 Å². The van der Waals surface area contributed by atoms with E-state index in [4.69, 9.17) is 25.8 Å². The molecular formula is C30H40ClN3O5. The summed E-state index contributed by atoms with van der Waals surface area (Å²) in [4.78, 5) is 27.9. The van der Waals surface area contributed by atoms with E-state index >= 15 is 0 Å². The summed E-state index contributed by atoms with van der Waals surface area (Å²) in [6, 6.07) is 11.1. The standard InChI is InChI=1S/C30H40ClN3O5/c1-19-20(2)29(38-18-25(39-22(4)36)16-32-21(3)35)12-10-26(19)28-8-6-7-24-17-33(13-14-34(24)28)23-9-11-27(31)30(15-23)37-5/h9-12,15,24-25,28H,6-8,13-14,16-18H2,1-5H3,(H,32,35)/t24-,25+,28+/m0/s1. The lowest BCUT2D eigenvalue weighted by molar-refractivity contribution is -0.148. The number of esters is 1. The third kappa shape index (κ3) is 6.97. The van der Waals surface area contributed by atoms with Crippen molar-refractivity contribution in [1.82, 2.24) is 10.2 Å². The van der Waals surface area contributed by atoms with Crippen LogP contribution < -0.4 is 19.7 Å². The Bertz CT molecular complexity index is 1190. The van der Waals surface area contributed by atoms with Crippen LogP contribution in [-0.4, -0.2) is 68.8 Å². The number of anilines is 1. The Labute approximate surface area is 236 Å². The third-order valence-corrected chi connectivity index (χ3v) is 8.23. The first-order valence-electron chi connectivity index (χ1n) is 13.7. The van der Waals surface area contributed by atoms with Gasteiger partial charge in [-0.2, -0.15) is 0 Å². The summed E-state index contributed by atoms with van der Waals surface area (Å²) in [6.45, 7) is 10.3. The molecule has 0 aromatic heterocycles. The number of nitrogens with one attached hydrogen (secondary N) is 1. The van der Waals surface area contributed by atoms with Gasteiger partial charge in [0.25, 0.3) is 0 Å². The molecule has 2 aromatic carbocycles. The first-order valence-corrected chi connectivity index (χ1v) is 14.0. The number of methoxy groups -OCH3 is 1. The minimum Gasteiger partial charge on any atom is -0.495 e. The molecule has 2 fully saturated rings. The van der Waals surface area contributed by atoms with Crippen LogP contribution in [0.4, 0.5) is 5.69 Å². The summed E-state index contributed by atoms with van der Waals surface area (Å²) in [7, 11) is 1.65. The van der Waals surface area contributed by atoms with E-state index < -0.39 is 12.1 Å². The van der Waals surface area contributed by atoms with E-state index in [2.05, 4.69) is 41.1 Å². The smallest absolute Gasteiger partial charge is 0.303 e. The van der Waals surface area contributed by atoms with E-state index in [0.717, 1.165) is 43.1 Å². The van der Waals surface area contributed by atoms with Crippen molar-refractivity contribution in [2.75, 3.05) is 44.8 Å². The van der Waals surface area contributed by atoms with Gasteiger partial charge in [-0.15, -0.1) is 0 Å². The van der Waals surface area contributed by atoms with Crippen molar-refractivity contribution < 1.29 is 23.8 Å². The molecule has 0 saturated carbocycles. The Morgan fingerprint density at radius 3 is 2.59 bits per heavy atom. The molecule has 39 heavy (non-hydrogen) atoms. The SMILES string of the molecule is COc1cc(N2CCN3[C@@H](CCC[C@@H]3c3ccc(OC[C@@H](CNC(C)=O)OC(C)=O)c(C)c3C)C2)ccc1Cl. The Morgan fingerprint density at radius 1 is 1.08 bits per heavy atom. The molecule has 2 aromatic rings. The van der Waals surface area contributed by atoms with Gasteiger partial charge in [0.15, 0.2) is 6.10 Å². The average Bonchev–Trinajstić information content (AvgIpc) is 2.91. The second-order valence-corrected chi connectivity index (χ2v) is 10.9. The summed E-state index contributed by atoms with van der Waals surface area (Å²) in [5, 5.41) is 3.33. The molecule has 0 radical (unpaired) electrons. The predicted octanol–water partition coefficient (Wildman–Crippen LogP) is 4.83. The highest BCUT2D eigenvalue weighted by Gasteiger charge is 2.36. The molecule has 9 heteroatoms. The summed E-state index contributed by atoms with van der Waals surface area (Å²) < 4.78 is 16.9. The van der Waals surface area contributed by atoms with Gasteiger partial charge in [0.2, 0.25) is 5.91 Å². The van der Waals surface area contributed by atoms with Gasteiger partial charge in [-0.1, -0.05) is 17.7 Å². The quantitative estimate of drug-likeness (QED) is 0.442. The third-order valence-electron chi connectivity index (χ3n) is 7.92. The minimum atomic E-state index is -0.554. The number of hydrogen-bond donors (Lipinski definition) is 1. The number of rotatable bonds is 9. The van der Waals surface area contributed by atoms with E-state index in [0.29, 0.717) is 22.9 Å². The lowest BCUT2D eigenvalue weighted by atomic mass is 9.86. The van der Waals surface area contributed by atoms with E-state index in [1.807, 2.05) is 18.2 Å². The Balaban J connectivity index is 1.45. The molecule has 4 rings (SSSR count). The number of carbonyl (C=O) groups is 2. The molecule has 0 unspecified atom stereocenters. The summed E-state index contributed by atoms with van der Waals surface area (Å²) in [6.07, 6.45) is 2.95. The van der Waals surface area contributed by atoms with Crippen molar-refractivity contribution in [1.29, 1.82) is 0 Å². The molecule has 1 amide bonds. The van der Waals surface area contributed by atoms with Crippen molar-refractivity contribution in [2.24, 2.45) is 0 Å². The second-order valence-electron chi connectivity index (χ2n) is 10.5. The maximum atomic E-state index is 11.5. The zero-order chi connectivity index (χ0) is 28.1. The van der Waals surface area contributed by atoms with Crippen LogP contribution in [0.5, 0.6) is 11.5 Å². The molecule has 2 aliphatic rings. The normalized spacial score (nSPS) is 20.1. The zero-order valence-corrected chi connectivity index (χ0v) is 24.3. The van der Waals surface area contributed by atoms with Crippen LogP contribution in [0.15, 0.2) is 30.3 Å². The molecular weight excluding hydrogens is 518 g/mol. The topological polar surface area (TPSA) is 80.3 Å². The Morgan fingerprint density at radius 2 is 1.87 bits per heavy atom. The molecule has 2 aliphatic heterocycles. The van der Waals surface area contributed by atoms with Crippen molar-refractivity contribution in [2.45, 2.75) is 65.1 Å². The number of ether oxygens (including phenoxy) is 3. The number of benzene rings is 2. The van der Waals surface area contributed by atoms with Gasteiger partial charge in [-0.3, -0.25) is 14.5 Å². The van der Waals surface area contributed by atoms with Crippen molar-refractivity contribution >= 4 is 29.2 Å². The van der Waals surface area contributed by atoms with Gasteiger partial charge in [0.05, 0.1) is 18.7 Å².